The molecule has 0 fully saturated rings. The van der Waals surface area contributed by atoms with E-state index in [9.17, 15) is 0 Å². The Kier molecular flexibility index (Phi) is 5.57. The molecule has 2 aromatic heterocycles. The van der Waals surface area contributed by atoms with Gasteiger partial charge in [-0.3, -0.25) is 0 Å². The second kappa shape index (κ2) is 14.4. The summed E-state index contributed by atoms with van der Waals surface area (Å²) in [6.07, 6.45) is 0. The summed E-state index contributed by atoms with van der Waals surface area (Å²) in [5.41, 5.74) is 8.16. The van der Waals surface area contributed by atoms with Gasteiger partial charge in [0.25, 0.3) is 0 Å². The minimum Gasteiger partial charge on any atom is -0.309 e. The monoisotopic (exact) mass is 850 g/mol. The van der Waals surface area contributed by atoms with E-state index in [1.54, 1.807) is 0 Å². The molecule has 0 aliphatic rings. The van der Waals surface area contributed by atoms with E-state index in [-0.39, 0.29) is 56.8 Å². The first kappa shape index (κ1) is 25.5. The van der Waals surface area contributed by atoms with E-state index in [0.29, 0.717) is 11.1 Å². The molecular weight excluding hydrogens is 797 g/mol. The van der Waals surface area contributed by atoms with Gasteiger partial charge >= 0.3 is 0 Å². The summed E-state index contributed by atoms with van der Waals surface area (Å²) < 4.78 is 127. The lowest BCUT2D eigenvalue weighted by Gasteiger charge is -2.13. The number of benzene rings is 12. The Morgan fingerprint density at radius 1 is 0.273 bits per heavy atom. The molecule has 2 nitrogen and oxygen atoms in total. The van der Waals surface area contributed by atoms with Crippen LogP contribution in [0.3, 0.4) is 0 Å². The number of aromatic nitrogens is 2. The summed E-state index contributed by atoms with van der Waals surface area (Å²) in [5, 5.41) is 7.86. The van der Waals surface area contributed by atoms with E-state index >= 15 is 0 Å². The van der Waals surface area contributed by atoms with Gasteiger partial charge in [0.1, 0.15) is 0 Å². The Morgan fingerprint density at radius 3 is 1.15 bits per heavy atom. The molecule has 66 heavy (non-hydrogen) atoms. The molecule has 14 rings (SSSR count). The summed E-state index contributed by atoms with van der Waals surface area (Å²) in [6.45, 7) is 0. The van der Waals surface area contributed by atoms with E-state index in [4.69, 9.17) is 19.2 Å². The second-order valence-corrected chi connectivity index (χ2v) is 16.6. The van der Waals surface area contributed by atoms with Gasteiger partial charge in [-0.1, -0.05) is 194 Å². The zero-order valence-electron chi connectivity index (χ0n) is 48.9. The molecule has 2 heterocycles. The highest BCUT2D eigenvalue weighted by Crippen LogP contribution is 2.42. The molecule has 0 unspecified atom stereocenters. The van der Waals surface area contributed by atoms with Gasteiger partial charge in [-0.05, 0) is 125 Å². The van der Waals surface area contributed by atoms with Gasteiger partial charge in [0.05, 0.1) is 41.3 Å². The number of nitrogens with zero attached hydrogens (tertiary/aromatic N) is 2. The fraction of sp³-hybridized carbons (Fsp3) is 0. The summed E-state index contributed by atoms with van der Waals surface area (Å²) in [7, 11) is 0. The molecule has 2 heteroatoms. The largest absolute Gasteiger partial charge is 0.309 e. The molecule has 0 aliphatic carbocycles. The standard InChI is InChI=1S/C64H40N2/c1-5-17-51-43(11-1)15-9-21-53(51)47-27-35-57-61(39-47)65(59-37-29-45-13-3-7-19-55(45)63(57)59)49-31-23-41(24-32-49)42-25-33-50(34-26-42)66-60-38-30-46-14-4-8-20-56(46)64(60)58-36-28-48(40-62(58)66)54-22-10-16-44-12-2-6-18-52(44)54/h1-40H/i1D,2D,5D,6D,9D,10D,11D,12D,15D,16D,17D,18D,21D,22D. The zero-order valence-corrected chi connectivity index (χ0v) is 34.9. The molecule has 0 bridgehead atoms. The molecule has 0 atom stereocenters. The van der Waals surface area contributed by atoms with E-state index in [1.165, 1.54) is 0 Å². The fourth-order valence-corrected chi connectivity index (χ4v) is 10.1. The van der Waals surface area contributed by atoms with Crippen molar-refractivity contribution in [1.82, 2.24) is 9.13 Å². The van der Waals surface area contributed by atoms with Crippen LogP contribution >= 0.6 is 0 Å². The summed E-state index contributed by atoms with van der Waals surface area (Å²) in [6, 6.07) is 46.5. The Morgan fingerprint density at radius 2 is 0.682 bits per heavy atom. The van der Waals surface area contributed by atoms with Crippen LogP contribution in [0.1, 0.15) is 19.2 Å². The molecule has 306 valence electrons. The van der Waals surface area contributed by atoms with Crippen LogP contribution in [0.5, 0.6) is 0 Å². The van der Waals surface area contributed by atoms with Gasteiger partial charge in [0, 0.05) is 32.9 Å². The average molecular weight is 851 g/mol. The third-order valence-corrected chi connectivity index (χ3v) is 13.1. The van der Waals surface area contributed by atoms with E-state index in [2.05, 4.69) is 81.9 Å². The van der Waals surface area contributed by atoms with Crippen LogP contribution in [0.25, 0.3) is 131 Å². The van der Waals surface area contributed by atoms with Crippen LogP contribution in [0, 0.1) is 0 Å². The molecule has 0 radical (unpaired) electrons. The highest BCUT2D eigenvalue weighted by atomic mass is 15.0. The van der Waals surface area contributed by atoms with Gasteiger partial charge < -0.3 is 9.13 Å². The van der Waals surface area contributed by atoms with E-state index in [1.807, 2.05) is 84.9 Å². The molecule has 0 saturated heterocycles. The minimum atomic E-state index is -0.505. The number of fused-ring (bicyclic) bond motifs is 12. The van der Waals surface area contributed by atoms with Crippen molar-refractivity contribution < 1.29 is 19.2 Å². The lowest BCUT2D eigenvalue weighted by molar-refractivity contribution is 1.18. The fourth-order valence-electron chi connectivity index (χ4n) is 10.1. The molecule has 0 amide bonds. The van der Waals surface area contributed by atoms with Gasteiger partial charge in [-0.25, -0.2) is 0 Å². The van der Waals surface area contributed by atoms with Crippen molar-refractivity contribution in [3.63, 3.8) is 0 Å². The quantitative estimate of drug-likeness (QED) is 0.163. The van der Waals surface area contributed by atoms with Crippen LogP contribution in [0.2, 0.25) is 0 Å². The lowest BCUT2D eigenvalue weighted by Crippen LogP contribution is -1.95. The van der Waals surface area contributed by atoms with Gasteiger partial charge in [0.2, 0.25) is 0 Å². The Bertz CT molecular complexity index is 4770. The maximum Gasteiger partial charge on any atom is 0.0629 e. The Balaban J connectivity index is 0.918. The smallest absolute Gasteiger partial charge is 0.0629 e. The first-order valence-electron chi connectivity index (χ1n) is 28.7. The maximum absolute atomic E-state index is 9.15. The molecule has 0 N–H and O–H groups in total. The van der Waals surface area contributed by atoms with Crippen LogP contribution < -0.4 is 0 Å². The summed E-state index contributed by atoms with van der Waals surface area (Å²) in [5.74, 6) is 0. The van der Waals surface area contributed by atoms with Crippen molar-refractivity contribution in [1.29, 1.82) is 0 Å². The number of hydrogen-bond donors (Lipinski definition) is 0. The Labute approximate surface area is 401 Å². The predicted molar refractivity (Wildman–Crippen MR) is 281 cm³/mol. The number of hydrogen-bond acceptors (Lipinski definition) is 0. The van der Waals surface area contributed by atoms with E-state index < -0.39 is 60.4 Å². The van der Waals surface area contributed by atoms with Crippen molar-refractivity contribution >= 4 is 86.7 Å². The topological polar surface area (TPSA) is 9.86 Å². The van der Waals surface area contributed by atoms with Crippen molar-refractivity contribution in [2.24, 2.45) is 0 Å². The maximum atomic E-state index is 9.15. The van der Waals surface area contributed by atoms with Crippen molar-refractivity contribution in [2.45, 2.75) is 0 Å². The third kappa shape index (κ3) is 5.55. The first-order valence-corrected chi connectivity index (χ1v) is 21.7. The van der Waals surface area contributed by atoms with Gasteiger partial charge in [0.15, 0.2) is 0 Å². The summed E-state index contributed by atoms with van der Waals surface area (Å²) in [4.78, 5) is 0. The van der Waals surface area contributed by atoms with Crippen LogP contribution in [-0.2, 0) is 0 Å². The molecule has 12 aromatic carbocycles. The lowest BCUT2D eigenvalue weighted by atomic mass is 9.97. The van der Waals surface area contributed by atoms with Crippen LogP contribution in [-0.4, -0.2) is 9.13 Å². The van der Waals surface area contributed by atoms with Crippen molar-refractivity contribution in [2.75, 3.05) is 0 Å². The molecule has 0 aliphatic heterocycles. The molecule has 14 aromatic rings. The SMILES string of the molecule is [2H]c1c([2H])c([2H])c2c(-c3ccc4c5c6ccccc6ccc5n(-c5ccc(-c6ccc(-n7c8cc(-c9c([2H])c([2H])c([2H])c%10c([2H])c([2H])c([2H])c([2H])c9%10)ccc8c8c9ccccc9ccc87)cc6)cc5)c4c3)c([2H])c([2H])c([2H])c2c1[2H]. The van der Waals surface area contributed by atoms with Gasteiger partial charge in [-0.2, -0.15) is 0 Å². The Hall–Kier alpha value is -8.72. The second-order valence-electron chi connectivity index (χ2n) is 16.6. The molecular formula is C64H40N2. The predicted octanol–water partition coefficient (Wildman–Crippen LogP) is 17.5. The van der Waals surface area contributed by atoms with Crippen LogP contribution in [0.15, 0.2) is 242 Å². The van der Waals surface area contributed by atoms with E-state index in [0.717, 1.165) is 87.7 Å². The van der Waals surface area contributed by atoms with Crippen LogP contribution in [0.4, 0.5) is 0 Å². The normalized spacial score (nSPS) is 14.9. The first-order chi connectivity index (χ1) is 38.5. The zero-order chi connectivity index (χ0) is 55.5. The highest BCUT2D eigenvalue weighted by Gasteiger charge is 2.19. The summed E-state index contributed by atoms with van der Waals surface area (Å²) >= 11 is 0. The molecule has 0 spiro atoms. The van der Waals surface area contributed by atoms with Gasteiger partial charge in [-0.15, -0.1) is 0 Å². The van der Waals surface area contributed by atoms with Crippen molar-refractivity contribution in [3.8, 4) is 44.8 Å². The third-order valence-electron chi connectivity index (χ3n) is 13.1. The average Bonchev–Trinajstić information content (AvgIpc) is 4.03. The van der Waals surface area contributed by atoms with Crippen molar-refractivity contribution in [3.05, 3.63) is 242 Å². The number of rotatable bonds is 5. The molecule has 0 saturated carbocycles. The minimum absolute atomic E-state index is 0.0258. The highest BCUT2D eigenvalue weighted by molar-refractivity contribution is 6.23.